The third kappa shape index (κ3) is 3.49. The van der Waals surface area contributed by atoms with Gasteiger partial charge in [0.25, 0.3) is 5.91 Å². The van der Waals surface area contributed by atoms with Crippen molar-refractivity contribution < 1.29 is 9.21 Å². The Morgan fingerprint density at radius 1 is 1.08 bits per heavy atom. The van der Waals surface area contributed by atoms with Crippen molar-refractivity contribution in [3.05, 3.63) is 76.1 Å². The van der Waals surface area contributed by atoms with Crippen molar-refractivity contribution in [1.29, 1.82) is 0 Å². The molecule has 3 aromatic rings. The first kappa shape index (κ1) is 15.9. The van der Waals surface area contributed by atoms with Gasteiger partial charge in [-0.15, -0.1) is 0 Å². The first-order chi connectivity index (χ1) is 11.5. The second-order valence-corrected chi connectivity index (χ2v) is 5.67. The van der Waals surface area contributed by atoms with Crippen LogP contribution in [0.25, 0.3) is 11.0 Å². The molecule has 0 bridgehead atoms. The highest BCUT2D eigenvalue weighted by molar-refractivity contribution is 7.80. The fraction of sp³-hybridized carbons (Fsp3) is 0.0556. The molecule has 0 fully saturated rings. The van der Waals surface area contributed by atoms with Gasteiger partial charge >= 0.3 is 5.63 Å². The van der Waals surface area contributed by atoms with Crippen molar-refractivity contribution >= 4 is 39.9 Å². The van der Waals surface area contributed by atoms with Crippen molar-refractivity contribution in [1.82, 2.24) is 5.32 Å². The number of thiocarbonyl (C=S) groups is 1. The van der Waals surface area contributed by atoms with Crippen molar-refractivity contribution in [2.24, 2.45) is 0 Å². The first-order valence-corrected chi connectivity index (χ1v) is 7.65. The summed E-state index contributed by atoms with van der Waals surface area (Å²) in [4.78, 5) is 24.2. The van der Waals surface area contributed by atoms with E-state index in [1.54, 1.807) is 24.3 Å². The predicted molar refractivity (Wildman–Crippen MR) is 97.3 cm³/mol. The molecule has 2 aromatic carbocycles. The molecule has 6 heteroatoms. The van der Waals surface area contributed by atoms with Crippen molar-refractivity contribution in [2.75, 3.05) is 5.32 Å². The van der Waals surface area contributed by atoms with Crippen LogP contribution in [0.5, 0.6) is 0 Å². The van der Waals surface area contributed by atoms with E-state index in [1.807, 2.05) is 31.2 Å². The molecule has 0 saturated carbocycles. The Hall–Kier alpha value is -2.99. The highest BCUT2D eigenvalue weighted by Crippen LogP contribution is 2.13. The maximum Gasteiger partial charge on any atom is 0.349 e. The van der Waals surface area contributed by atoms with Crippen LogP contribution in [0.4, 0.5) is 5.69 Å². The lowest BCUT2D eigenvalue weighted by Crippen LogP contribution is -2.36. The van der Waals surface area contributed by atoms with Crippen LogP contribution in [-0.4, -0.2) is 11.0 Å². The van der Waals surface area contributed by atoms with Gasteiger partial charge in [0.1, 0.15) is 11.1 Å². The van der Waals surface area contributed by atoms with E-state index in [9.17, 15) is 9.59 Å². The van der Waals surface area contributed by atoms with Crippen LogP contribution < -0.4 is 16.3 Å². The number of hydrogen-bond acceptors (Lipinski definition) is 4. The van der Waals surface area contributed by atoms with Crippen LogP contribution in [0.1, 0.15) is 15.9 Å². The fourth-order valence-corrected chi connectivity index (χ4v) is 2.40. The number of anilines is 1. The zero-order valence-electron chi connectivity index (χ0n) is 12.8. The molecule has 24 heavy (non-hydrogen) atoms. The number of rotatable bonds is 2. The number of carbonyl (C=O) groups is 1. The number of fused-ring (bicyclic) bond motifs is 1. The van der Waals surface area contributed by atoms with Gasteiger partial charge in [-0.1, -0.05) is 35.9 Å². The number of hydrogen-bond donors (Lipinski definition) is 2. The average Bonchev–Trinajstić information content (AvgIpc) is 2.56. The Labute approximate surface area is 143 Å². The number of para-hydroxylation sites is 1. The molecule has 120 valence electrons. The minimum absolute atomic E-state index is 0.0956. The van der Waals surface area contributed by atoms with Crippen LogP contribution in [0, 0.1) is 6.92 Å². The molecular weight excluding hydrogens is 324 g/mol. The third-order valence-corrected chi connectivity index (χ3v) is 3.63. The number of carbonyl (C=O) groups excluding carboxylic acids is 1. The molecule has 0 spiro atoms. The normalized spacial score (nSPS) is 10.4. The van der Waals surface area contributed by atoms with Gasteiger partial charge < -0.3 is 9.73 Å². The second-order valence-electron chi connectivity index (χ2n) is 5.26. The largest absolute Gasteiger partial charge is 0.422 e. The van der Waals surface area contributed by atoms with Gasteiger partial charge in [0.2, 0.25) is 0 Å². The van der Waals surface area contributed by atoms with E-state index in [2.05, 4.69) is 10.6 Å². The quantitative estimate of drug-likeness (QED) is 0.554. The van der Waals surface area contributed by atoms with Crippen LogP contribution in [0.3, 0.4) is 0 Å². The summed E-state index contributed by atoms with van der Waals surface area (Å²) in [7, 11) is 0. The van der Waals surface area contributed by atoms with E-state index < -0.39 is 11.5 Å². The molecule has 0 aliphatic heterocycles. The number of benzene rings is 2. The summed E-state index contributed by atoms with van der Waals surface area (Å²) < 4.78 is 5.15. The summed E-state index contributed by atoms with van der Waals surface area (Å²) in [6, 6.07) is 16.0. The van der Waals surface area contributed by atoms with Gasteiger partial charge in [-0.05, 0) is 43.4 Å². The second kappa shape index (κ2) is 6.64. The summed E-state index contributed by atoms with van der Waals surface area (Å²) in [6.07, 6.45) is 0. The molecular formula is C18H14N2O3S. The monoisotopic (exact) mass is 338 g/mol. The zero-order valence-corrected chi connectivity index (χ0v) is 13.6. The van der Waals surface area contributed by atoms with E-state index in [4.69, 9.17) is 16.6 Å². The summed E-state index contributed by atoms with van der Waals surface area (Å²) in [5.41, 5.74) is 1.49. The average molecular weight is 338 g/mol. The molecule has 0 atom stereocenters. The molecule has 1 amide bonds. The maximum atomic E-state index is 12.3. The van der Waals surface area contributed by atoms with Crippen LogP contribution >= 0.6 is 12.2 Å². The minimum Gasteiger partial charge on any atom is -0.422 e. The Kier molecular flexibility index (Phi) is 4.39. The Morgan fingerprint density at radius 2 is 1.79 bits per heavy atom. The summed E-state index contributed by atoms with van der Waals surface area (Å²) in [5.74, 6) is -0.612. The van der Waals surface area contributed by atoms with E-state index >= 15 is 0 Å². The number of aryl methyl sites for hydroxylation is 1. The molecule has 1 aromatic heterocycles. The maximum absolute atomic E-state index is 12.3. The smallest absolute Gasteiger partial charge is 0.349 e. The number of nitrogens with one attached hydrogen (secondary N) is 2. The van der Waals surface area contributed by atoms with E-state index in [-0.39, 0.29) is 10.7 Å². The Balaban J connectivity index is 1.77. The molecule has 0 radical (unpaired) electrons. The van der Waals surface area contributed by atoms with Gasteiger partial charge in [0.15, 0.2) is 5.11 Å². The van der Waals surface area contributed by atoms with E-state index in [0.29, 0.717) is 11.0 Å². The fourth-order valence-electron chi connectivity index (χ4n) is 2.19. The van der Waals surface area contributed by atoms with Crippen molar-refractivity contribution in [3.63, 3.8) is 0 Å². The summed E-state index contributed by atoms with van der Waals surface area (Å²) in [5, 5.41) is 6.15. The molecule has 3 rings (SSSR count). The Bertz CT molecular complexity index is 977. The third-order valence-electron chi connectivity index (χ3n) is 3.42. The van der Waals surface area contributed by atoms with Crippen LogP contribution in [-0.2, 0) is 0 Å². The topological polar surface area (TPSA) is 71.3 Å². The summed E-state index contributed by atoms with van der Waals surface area (Å²) in [6.45, 7) is 1.98. The highest BCUT2D eigenvalue weighted by Gasteiger charge is 2.14. The lowest BCUT2D eigenvalue weighted by atomic mass is 10.2. The lowest BCUT2D eigenvalue weighted by molar-refractivity contribution is 0.0974. The molecule has 0 aliphatic carbocycles. The Morgan fingerprint density at radius 3 is 2.54 bits per heavy atom. The van der Waals surface area contributed by atoms with Gasteiger partial charge in [-0.2, -0.15) is 0 Å². The highest BCUT2D eigenvalue weighted by atomic mass is 32.1. The first-order valence-electron chi connectivity index (χ1n) is 7.25. The standard InChI is InChI=1S/C18H14N2O3S/c1-11-6-8-13(9-7-11)19-18(24)20-16(21)14-10-12-4-2-3-5-15(12)23-17(14)22/h2-10H,1H3,(H2,19,20,21,24). The molecule has 2 N–H and O–H groups in total. The van der Waals surface area contributed by atoms with Gasteiger partial charge in [-0.3, -0.25) is 10.1 Å². The van der Waals surface area contributed by atoms with Crippen molar-refractivity contribution in [2.45, 2.75) is 6.92 Å². The molecule has 0 unspecified atom stereocenters. The van der Waals surface area contributed by atoms with E-state index in [0.717, 1.165) is 11.3 Å². The van der Waals surface area contributed by atoms with Gasteiger partial charge in [-0.25, -0.2) is 4.79 Å². The van der Waals surface area contributed by atoms with Crippen LogP contribution in [0.2, 0.25) is 0 Å². The molecule has 0 aliphatic rings. The molecule has 5 nitrogen and oxygen atoms in total. The zero-order chi connectivity index (χ0) is 17.1. The predicted octanol–water partition coefficient (Wildman–Crippen LogP) is 3.23. The molecule has 1 heterocycles. The molecule has 0 saturated heterocycles. The van der Waals surface area contributed by atoms with Gasteiger partial charge in [0, 0.05) is 11.1 Å². The SMILES string of the molecule is Cc1ccc(NC(=S)NC(=O)c2cc3ccccc3oc2=O)cc1. The number of amides is 1. The van der Waals surface area contributed by atoms with Crippen molar-refractivity contribution in [3.8, 4) is 0 Å². The lowest BCUT2D eigenvalue weighted by Gasteiger charge is -2.09. The summed E-state index contributed by atoms with van der Waals surface area (Å²) >= 11 is 5.11. The van der Waals surface area contributed by atoms with Crippen LogP contribution in [0.15, 0.2) is 63.8 Å². The van der Waals surface area contributed by atoms with Gasteiger partial charge in [0.05, 0.1) is 0 Å². The minimum atomic E-state index is -0.704. The van der Waals surface area contributed by atoms with E-state index in [1.165, 1.54) is 6.07 Å².